The number of ether oxygens (including phenoxy) is 1. The lowest BCUT2D eigenvalue weighted by molar-refractivity contribution is 0.0568. The van der Waals surface area contributed by atoms with Crippen molar-refractivity contribution >= 4 is 10.0 Å². The van der Waals surface area contributed by atoms with Gasteiger partial charge in [-0.15, -0.1) is 0 Å². The van der Waals surface area contributed by atoms with Gasteiger partial charge in [-0.05, 0) is 37.0 Å². The predicted octanol–water partition coefficient (Wildman–Crippen LogP) is 1.40. The molecule has 1 N–H and O–H groups in total. The molecule has 1 unspecified atom stereocenters. The van der Waals surface area contributed by atoms with Gasteiger partial charge >= 0.3 is 0 Å². The second-order valence-electron chi connectivity index (χ2n) is 4.69. The van der Waals surface area contributed by atoms with Gasteiger partial charge in [-0.3, -0.25) is 0 Å². The minimum absolute atomic E-state index is 0.104. The van der Waals surface area contributed by atoms with Crippen molar-refractivity contribution in [3.8, 4) is 6.07 Å². The van der Waals surface area contributed by atoms with Gasteiger partial charge < -0.3 is 4.74 Å². The third-order valence-electron chi connectivity index (χ3n) is 3.19. The number of benzene rings is 1. The summed E-state index contributed by atoms with van der Waals surface area (Å²) < 4.78 is 45.1. The van der Waals surface area contributed by atoms with Crippen molar-refractivity contribution in [2.75, 3.05) is 19.8 Å². The summed E-state index contributed by atoms with van der Waals surface area (Å²) >= 11 is 0. The molecule has 7 heteroatoms. The van der Waals surface area contributed by atoms with E-state index < -0.39 is 15.8 Å². The molecule has 0 aromatic heterocycles. The first-order valence-corrected chi connectivity index (χ1v) is 7.78. The molecule has 1 aliphatic heterocycles. The fourth-order valence-electron chi connectivity index (χ4n) is 2.04. The molecule has 1 saturated heterocycles. The molecule has 1 fully saturated rings. The summed E-state index contributed by atoms with van der Waals surface area (Å²) in [5.74, 6) is -0.582. The van der Waals surface area contributed by atoms with Gasteiger partial charge in [0.25, 0.3) is 0 Å². The first-order valence-electron chi connectivity index (χ1n) is 6.30. The van der Waals surface area contributed by atoms with Crippen LogP contribution in [0.1, 0.15) is 18.4 Å². The number of hydrogen-bond donors (Lipinski definition) is 1. The lowest BCUT2D eigenvalue weighted by Gasteiger charge is -2.22. The Labute approximate surface area is 117 Å². The van der Waals surface area contributed by atoms with Crippen LogP contribution in [0.4, 0.5) is 4.39 Å². The molecule has 2 rings (SSSR count). The molecule has 0 amide bonds. The Bertz CT molecular complexity index is 619. The van der Waals surface area contributed by atoms with E-state index in [0.29, 0.717) is 13.2 Å². The van der Waals surface area contributed by atoms with Crippen molar-refractivity contribution in [2.45, 2.75) is 17.7 Å². The highest BCUT2D eigenvalue weighted by molar-refractivity contribution is 7.89. The first kappa shape index (κ1) is 14.9. The van der Waals surface area contributed by atoms with Crippen LogP contribution in [0, 0.1) is 23.1 Å². The lowest BCUT2D eigenvalue weighted by atomic mass is 10.0. The van der Waals surface area contributed by atoms with Gasteiger partial charge in [-0.1, -0.05) is 0 Å². The highest BCUT2D eigenvalue weighted by atomic mass is 32.2. The van der Waals surface area contributed by atoms with Gasteiger partial charge in [-0.25, -0.2) is 17.5 Å². The maximum Gasteiger partial charge on any atom is 0.240 e. The van der Waals surface area contributed by atoms with E-state index in [2.05, 4.69) is 4.72 Å². The van der Waals surface area contributed by atoms with Crippen LogP contribution in [0.25, 0.3) is 0 Å². The molecule has 20 heavy (non-hydrogen) atoms. The average Bonchev–Trinajstić information content (AvgIpc) is 2.46. The molecule has 108 valence electrons. The summed E-state index contributed by atoms with van der Waals surface area (Å²) in [5.41, 5.74) is -0.283. The lowest BCUT2D eigenvalue weighted by Crippen LogP contribution is -2.33. The van der Waals surface area contributed by atoms with Crippen LogP contribution in [0.15, 0.2) is 23.1 Å². The van der Waals surface area contributed by atoms with Crippen LogP contribution >= 0.6 is 0 Å². The fraction of sp³-hybridized carbons (Fsp3) is 0.462. The van der Waals surface area contributed by atoms with E-state index in [9.17, 15) is 12.8 Å². The Morgan fingerprint density at radius 1 is 1.50 bits per heavy atom. The Hall–Kier alpha value is -1.49. The molecule has 0 bridgehead atoms. The minimum atomic E-state index is -3.73. The van der Waals surface area contributed by atoms with E-state index in [4.69, 9.17) is 10.00 Å². The van der Waals surface area contributed by atoms with Crippen LogP contribution in [0.3, 0.4) is 0 Å². The molecule has 1 atom stereocenters. The van der Waals surface area contributed by atoms with Gasteiger partial charge in [0, 0.05) is 13.2 Å². The Balaban J connectivity index is 2.08. The standard InChI is InChI=1S/C13H15FN2O3S/c14-13-4-3-12(6-11(13)7-15)20(17,18)16-8-10-2-1-5-19-9-10/h3-4,6,10,16H,1-2,5,8-9H2. The average molecular weight is 298 g/mol. The number of halogens is 1. The van der Waals surface area contributed by atoms with Crippen LogP contribution < -0.4 is 4.72 Å². The van der Waals surface area contributed by atoms with E-state index in [1.807, 2.05) is 0 Å². The minimum Gasteiger partial charge on any atom is -0.381 e. The van der Waals surface area contributed by atoms with Crippen molar-refractivity contribution in [2.24, 2.45) is 5.92 Å². The van der Waals surface area contributed by atoms with E-state index in [1.54, 1.807) is 6.07 Å². The van der Waals surface area contributed by atoms with Crippen LogP contribution in [0.2, 0.25) is 0 Å². The normalized spacial score (nSPS) is 19.5. The smallest absolute Gasteiger partial charge is 0.240 e. The zero-order valence-electron chi connectivity index (χ0n) is 10.8. The summed E-state index contributed by atoms with van der Waals surface area (Å²) in [6.45, 7) is 1.53. The first-order chi connectivity index (χ1) is 9.53. The number of nitrogens with one attached hydrogen (secondary N) is 1. The molecule has 1 aromatic carbocycles. The third kappa shape index (κ3) is 3.54. The largest absolute Gasteiger partial charge is 0.381 e. The maximum absolute atomic E-state index is 13.2. The second-order valence-corrected chi connectivity index (χ2v) is 6.46. The van der Waals surface area contributed by atoms with Gasteiger partial charge in [0.2, 0.25) is 10.0 Å². The molecule has 0 aliphatic carbocycles. The molecule has 1 aliphatic rings. The summed E-state index contributed by atoms with van der Waals surface area (Å²) in [7, 11) is -3.73. The summed E-state index contributed by atoms with van der Waals surface area (Å²) in [4.78, 5) is -0.104. The van der Waals surface area contributed by atoms with E-state index in [-0.39, 0.29) is 22.9 Å². The van der Waals surface area contributed by atoms with Crippen molar-refractivity contribution in [1.29, 1.82) is 5.26 Å². The van der Waals surface area contributed by atoms with E-state index in [1.165, 1.54) is 0 Å². The molecular weight excluding hydrogens is 283 g/mol. The molecular formula is C13H15FN2O3S. The Morgan fingerprint density at radius 3 is 2.95 bits per heavy atom. The molecule has 0 spiro atoms. The van der Waals surface area contributed by atoms with Crippen LogP contribution in [-0.2, 0) is 14.8 Å². The van der Waals surface area contributed by atoms with Crippen molar-refractivity contribution < 1.29 is 17.5 Å². The molecule has 0 radical (unpaired) electrons. The summed E-state index contributed by atoms with van der Waals surface area (Å²) in [5, 5.41) is 8.72. The van der Waals surface area contributed by atoms with E-state index >= 15 is 0 Å². The Kier molecular flexibility index (Phi) is 4.70. The predicted molar refractivity (Wildman–Crippen MR) is 69.8 cm³/mol. The molecule has 5 nitrogen and oxygen atoms in total. The third-order valence-corrected chi connectivity index (χ3v) is 4.61. The van der Waals surface area contributed by atoms with Gasteiger partial charge in [0.1, 0.15) is 11.9 Å². The summed E-state index contributed by atoms with van der Waals surface area (Å²) in [6, 6.07) is 4.79. The Morgan fingerprint density at radius 2 is 2.30 bits per heavy atom. The number of nitrogens with zero attached hydrogens (tertiary/aromatic N) is 1. The highest BCUT2D eigenvalue weighted by Gasteiger charge is 2.20. The highest BCUT2D eigenvalue weighted by Crippen LogP contribution is 2.16. The maximum atomic E-state index is 13.2. The second kappa shape index (κ2) is 6.31. The van der Waals surface area contributed by atoms with Crippen molar-refractivity contribution in [3.63, 3.8) is 0 Å². The number of hydrogen-bond acceptors (Lipinski definition) is 4. The molecule has 1 heterocycles. The monoisotopic (exact) mass is 298 g/mol. The van der Waals surface area contributed by atoms with Gasteiger partial charge in [-0.2, -0.15) is 5.26 Å². The zero-order valence-corrected chi connectivity index (χ0v) is 11.6. The summed E-state index contributed by atoms with van der Waals surface area (Å²) in [6.07, 6.45) is 1.83. The SMILES string of the molecule is N#Cc1cc(S(=O)(=O)NCC2CCCOC2)ccc1F. The van der Waals surface area contributed by atoms with E-state index in [0.717, 1.165) is 31.0 Å². The molecule has 0 saturated carbocycles. The topological polar surface area (TPSA) is 79.2 Å². The quantitative estimate of drug-likeness (QED) is 0.911. The number of rotatable bonds is 4. The van der Waals surface area contributed by atoms with Gasteiger partial charge in [0.05, 0.1) is 17.1 Å². The van der Waals surface area contributed by atoms with Crippen LogP contribution in [0.5, 0.6) is 0 Å². The fourth-order valence-corrected chi connectivity index (χ4v) is 3.18. The van der Waals surface area contributed by atoms with Crippen molar-refractivity contribution in [1.82, 2.24) is 4.72 Å². The zero-order chi connectivity index (χ0) is 14.6. The number of sulfonamides is 1. The molecule has 1 aromatic rings. The van der Waals surface area contributed by atoms with Crippen molar-refractivity contribution in [3.05, 3.63) is 29.6 Å². The van der Waals surface area contributed by atoms with Gasteiger partial charge in [0.15, 0.2) is 0 Å². The number of nitriles is 1. The van der Waals surface area contributed by atoms with Crippen LogP contribution in [-0.4, -0.2) is 28.2 Å².